The highest BCUT2D eigenvalue weighted by Gasteiger charge is 2.02. The molecule has 1 aromatic carbocycles. The number of phenols is 1. The molecule has 0 amide bonds. The predicted octanol–water partition coefficient (Wildman–Crippen LogP) is 1.92. The number of esters is 1. The minimum atomic E-state index is -0.398. The van der Waals surface area contributed by atoms with Gasteiger partial charge in [-0.05, 0) is 37.2 Å². The average molecular weight is 225 g/mol. The molecule has 0 atom stereocenters. The quantitative estimate of drug-likeness (QED) is 0.771. The van der Waals surface area contributed by atoms with Crippen LogP contribution in [0.15, 0.2) is 24.3 Å². The second kappa shape index (κ2) is 8.73. The number of benzene rings is 1. The summed E-state index contributed by atoms with van der Waals surface area (Å²) < 4.78 is 4.46. The molecule has 0 saturated carbocycles. The lowest BCUT2D eigenvalue weighted by Crippen LogP contribution is -1.99. The number of carbonyl (C=O) groups is 1. The SMILES string of the molecule is CCCCN.COC(=O)c1ccc(O)cc1. The molecule has 4 heteroatoms. The first kappa shape index (κ1) is 14.5. The standard InChI is InChI=1S/C8H8O3.C4H11N/c1-11-8(10)6-2-4-7(9)5-3-6;1-2-3-4-5/h2-5,9H,1H3;2-5H2,1H3. The van der Waals surface area contributed by atoms with Crippen molar-refractivity contribution in [3.05, 3.63) is 29.8 Å². The maximum absolute atomic E-state index is 10.8. The maximum atomic E-state index is 10.8. The summed E-state index contributed by atoms with van der Waals surface area (Å²) in [5.41, 5.74) is 5.57. The van der Waals surface area contributed by atoms with Crippen LogP contribution in [0.3, 0.4) is 0 Å². The third-order valence-electron chi connectivity index (χ3n) is 1.85. The topological polar surface area (TPSA) is 72.5 Å². The number of ether oxygens (including phenoxy) is 1. The van der Waals surface area contributed by atoms with Gasteiger partial charge in [-0.15, -0.1) is 0 Å². The molecule has 16 heavy (non-hydrogen) atoms. The Morgan fingerprint density at radius 3 is 2.25 bits per heavy atom. The molecule has 0 radical (unpaired) electrons. The molecule has 1 rings (SSSR count). The van der Waals surface area contributed by atoms with Crippen LogP contribution in [0, 0.1) is 0 Å². The Labute approximate surface area is 96.0 Å². The van der Waals surface area contributed by atoms with Crippen molar-refractivity contribution in [3.8, 4) is 5.75 Å². The van der Waals surface area contributed by atoms with Crippen molar-refractivity contribution in [1.29, 1.82) is 0 Å². The molecule has 0 fully saturated rings. The Morgan fingerprint density at radius 1 is 1.38 bits per heavy atom. The van der Waals surface area contributed by atoms with Crippen LogP contribution in [0.4, 0.5) is 0 Å². The van der Waals surface area contributed by atoms with Crippen molar-refractivity contribution in [1.82, 2.24) is 0 Å². The normalized spacial score (nSPS) is 8.94. The molecule has 0 bridgehead atoms. The van der Waals surface area contributed by atoms with E-state index < -0.39 is 5.97 Å². The number of methoxy groups -OCH3 is 1. The zero-order valence-corrected chi connectivity index (χ0v) is 9.77. The number of hydrogen-bond donors (Lipinski definition) is 2. The number of unbranched alkanes of at least 4 members (excludes halogenated alkanes) is 1. The maximum Gasteiger partial charge on any atom is 0.337 e. The molecule has 0 aliphatic heterocycles. The van der Waals surface area contributed by atoms with Gasteiger partial charge in [0.15, 0.2) is 0 Å². The van der Waals surface area contributed by atoms with Gasteiger partial charge in [0.25, 0.3) is 0 Å². The molecule has 0 aliphatic carbocycles. The van der Waals surface area contributed by atoms with E-state index in [4.69, 9.17) is 10.8 Å². The van der Waals surface area contributed by atoms with Crippen molar-refractivity contribution in [2.24, 2.45) is 5.73 Å². The molecule has 0 aromatic heterocycles. The Balaban J connectivity index is 0.000000385. The fourth-order valence-electron chi connectivity index (χ4n) is 0.919. The van der Waals surface area contributed by atoms with Gasteiger partial charge in [-0.2, -0.15) is 0 Å². The highest BCUT2D eigenvalue weighted by atomic mass is 16.5. The van der Waals surface area contributed by atoms with Crippen LogP contribution < -0.4 is 5.73 Å². The summed E-state index contributed by atoms with van der Waals surface area (Å²) in [6, 6.07) is 5.88. The number of phenolic OH excluding ortho intramolecular Hbond substituents is 1. The Morgan fingerprint density at radius 2 is 1.94 bits per heavy atom. The molecule has 0 spiro atoms. The Bertz CT molecular complexity index is 294. The molecule has 0 aliphatic rings. The van der Waals surface area contributed by atoms with Gasteiger partial charge in [-0.3, -0.25) is 0 Å². The summed E-state index contributed by atoms with van der Waals surface area (Å²) in [6.07, 6.45) is 2.39. The molecular formula is C12H19NO3. The van der Waals surface area contributed by atoms with Gasteiger partial charge in [0.05, 0.1) is 12.7 Å². The Kier molecular flexibility index (Phi) is 7.89. The molecule has 90 valence electrons. The monoisotopic (exact) mass is 225 g/mol. The van der Waals surface area contributed by atoms with Gasteiger partial charge in [0, 0.05) is 0 Å². The largest absolute Gasteiger partial charge is 0.508 e. The van der Waals surface area contributed by atoms with E-state index in [2.05, 4.69) is 11.7 Å². The van der Waals surface area contributed by atoms with Gasteiger partial charge in [-0.25, -0.2) is 4.79 Å². The molecule has 0 heterocycles. The van der Waals surface area contributed by atoms with Crippen LogP contribution in [0.1, 0.15) is 30.1 Å². The van der Waals surface area contributed by atoms with E-state index in [1.165, 1.54) is 44.2 Å². The first-order valence-corrected chi connectivity index (χ1v) is 5.23. The van der Waals surface area contributed by atoms with Gasteiger partial charge in [-0.1, -0.05) is 13.3 Å². The van der Waals surface area contributed by atoms with Crippen LogP contribution >= 0.6 is 0 Å². The molecule has 0 unspecified atom stereocenters. The first-order chi connectivity index (χ1) is 7.65. The summed E-state index contributed by atoms with van der Waals surface area (Å²) in [6.45, 7) is 2.98. The van der Waals surface area contributed by atoms with Gasteiger partial charge < -0.3 is 15.6 Å². The third kappa shape index (κ3) is 6.03. The number of nitrogens with two attached hydrogens (primary N) is 1. The number of aromatic hydroxyl groups is 1. The number of carbonyl (C=O) groups excluding carboxylic acids is 1. The minimum absolute atomic E-state index is 0.137. The summed E-state index contributed by atoms with van der Waals surface area (Å²) in [5, 5.41) is 8.86. The summed E-state index contributed by atoms with van der Waals surface area (Å²) >= 11 is 0. The first-order valence-electron chi connectivity index (χ1n) is 5.23. The van der Waals surface area contributed by atoms with Crippen molar-refractivity contribution in [2.75, 3.05) is 13.7 Å². The lowest BCUT2D eigenvalue weighted by molar-refractivity contribution is 0.0600. The minimum Gasteiger partial charge on any atom is -0.508 e. The fraction of sp³-hybridized carbons (Fsp3) is 0.417. The van der Waals surface area contributed by atoms with E-state index in [0.29, 0.717) is 5.56 Å². The second-order valence-electron chi connectivity index (χ2n) is 3.18. The lowest BCUT2D eigenvalue weighted by atomic mass is 10.2. The van der Waals surface area contributed by atoms with Crippen molar-refractivity contribution in [3.63, 3.8) is 0 Å². The molecule has 3 N–H and O–H groups in total. The van der Waals surface area contributed by atoms with Crippen LogP contribution in [0.2, 0.25) is 0 Å². The van der Waals surface area contributed by atoms with Crippen LogP contribution in [-0.2, 0) is 4.74 Å². The smallest absolute Gasteiger partial charge is 0.337 e. The molecule has 4 nitrogen and oxygen atoms in total. The van der Waals surface area contributed by atoms with E-state index in [-0.39, 0.29) is 5.75 Å². The number of rotatable bonds is 3. The Hall–Kier alpha value is -1.55. The highest BCUT2D eigenvalue weighted by molar-refractivity contribution is 5.89. The molecule has 0 saturated heterocycles. The van der Waals surface area contributed by atoms with Crippen LogP contribution in [0.25, 0.3) is 0 Å². The van der Waals surface area contributed by atoms with Gasteiger partial charge in [0.2, 0.25) is 0 Å². The zero-order valence-electron chi connectivity index (χ0n) is 9.77. The van der Waals surface area contributed by atoms with Crippen molar-refractivity contribution in [2.45, 2.75) is 19.8 Å². The zero-order chi connectivity index (χ0) is 12.4. The van der Waals surface area contributed by atoms with E-state index in [1.807, 2.05) is 0 Å². The van der Waals surface area contributed by atoms with Gasteiger partial charge >= 0.3 is 5.97 Å². The van der Waals surface area contributed by atoms with E-state index in [1.54, 1.807) is 0 Å². The summed E-state index contributed by atoms with van der Waals surface area (Å²) in [4.78, 5) is 10.8. The lowest BCUT2D eigenvalue weighted by Gasteiger charge is -1.97. The summed E-state index contributed by atoms with van der Waals surface area (Å²) in [7, 11) is 1.31. The molecular weight excluding hydrogens is 206 g/mol. The second-order valence-corrected chi connectivity index (χ2v) is 3.18. The highest BCUT2D eigenvalue weighted by Crippen LogP contribution is 2.09. The van der Waals surface area contributed by atoms with E-state index in [0.717, 1.165) is 6.54 Å². The van der Waals surface area contributed by atoms with E-state index in [9.17, 15) is 4.79 Å². The third-order valence-corrected chi connectivity index (χ3v) is 1.85. The predicted molar refractivity (Wildman–Crippen MR) is 63.4 cm³/mol. The van der Waals surface area contributed by atoms with Gasteiger partial charge in [0.1, 0.15) is 5.75 Å². The van der Waals surface area contributed by atoms with Crippen LogP contribution in [0.5, 0.6) is 5.75 Å². The number of hydrogen-bond acceptors (Lipinski definition) is 4. The molecule has 1 aromatic rings. The van der Waals surface area contributed by atoms with Crippen LogP contribution in [-0.4, -0.2) is 24.7 Å². The van der Waals surface area contributed by atoms with Crippen molar-refractivity contribution >= 4 is 5.97 Å². The average Bonchev–Trinajstić information content (AvgIpc) is 2.31. The summed E-state index contributed by atoms with van der Waals surface area (Å²) in [5.74, 6) is -0.261. The van der Waals surface area contributed by atoms with Crippen molar-refractivity contribution < 1.29 is 14.6 Å². The van der Waals surface area contributed by atoms with E-state index >= 15 is 0 Å². The fourth-order valence-corrected chi connectivity index (χ4v) is 0.919.